The first-order valence-corrected chi connectivity index (χ1v) is 8.70. The number of rotatable bonds is 3. The summed E-state index contributed by atoms with van der Waals surface area (Å²) in [6.07, 6.45) is -2.54. The van der Waals surface area contributed by atoms with Gasteiger partial charge in [0.25, 0.3) is 10.2 Å². The molecule has 2 fully saturated rings. The maximum atomic E-state index is 12.5. The molecule has 0 radical (unpaired) electrons. The van der Waals surface area contributed by atoms with Gasteiger partial charge < -0.3 is 5.32 Å². The van der Waals surface area contributed by atoms with Crippen LogP contribution in [0.4, 0.5) is 13.2 Å². The molecule has 0 aromatic heterocycles. The van der Waals surface area contributed by atoms with E-state index in [9.17, 15) is 21.6 Å². The second-order valence-electron chi connectivity index (χ2n) is 5.98. The maximum Gasteiger partial charge on any atom is 0.403 e. The van der Waals surface area contributed by atoms with Gasteiger partial charge in [0.05, 0.1) is 0 Å². The summed E-state index contributed by atoms with van der Waals surface area (Å²) in [7, 11) is -3.60. The zero-order chi connectivity index (χ0) is 15.7. The van der Waals surface area contributed by atoms with E-state index in [1.165, 1.54) is 4.31 Å². The van der Waals surface area contributed by atoms with Crippen molar-refractivity contribution in [3.05, 3.63) is 0 Å². The maximum absolute atomic E-state index is 12.5. The topological polar surface area (TPSA) is 61.4 Å². The third kappa shape index (κ3) is 4.54. The van der Waals surface area contributed by atoms with Gasteiger partial charge in [-0.05, 0) is 31.6 Å². The summed E-state index contributed by atoms with van der Waals surface area (Å²) < 4.78 is 65.9. The minimum absolute atomic E-state index is 0.00759. The van der Waals surface area contributed by atoms with Gasteiger partial charge in [-0.2, -0.15) is 30.6 Å². The summed E-state index contributed by atoms with van der Waals surface area (Å²) in [4.78, 5) is 0. The number of halogens is 3. The molecule has 0 amide bonds. The van der Waals surface area contributed by atoms with E-state index in [1.54, 1.807) is 0 Å². The number of nitrogens with zero attached hydrogens (tertiary/aromatic N) is 1. The van der Waals surface area contributed by atoms with Crippen molar-refractivity contribution in [2.75, 3.05) is 19.6 Å². The SMILES string of the molecule is CC1CCN(S(=O)(=O)NC2CCC(C(F)(F)F)NC2)CC1. The second-order valence-corrected chi connectivity index (χ2v) is 7.68. The first-order chi connectivity index (χ1) is 9.68. The zero-order valence-electron chi connectivity index (χ0n) is 12.0. The van der Waals surface area contributed by atoms with Crippen LogP contribution in [-0.4, -0.2) is 50.6 Å². The predicted octanol–water partition coefficient (Wildman–Crippen LogP) is 1.24. The van der Waals surface area contributed by atoms with Crippen molar-refractivity contribution in [1.29, 1.82) is 0 Å². The van der Waals surface area contributed by atoms with Gasteiger partial charge in [-0.25, -0.2) is 0 Å². The van der Waals surface area contributed by atoms with Crippen LogP contribution in [0, 0.1) is 5.92 Å². The van der Waals surface area contributed by atoms with Gasteiger partial charge in [-0.3, -0.25) is 0 Å². The van der Waals surface area contributed by atoms with Crippen LogP contribution in [-0.2, 0) is 10.2 Å². The van der Waals surface area contributed by atoms with Crippen LogP contribution in [0.1, 0.15) is 32.6 Å². The Morgan fingerprint density at radius 2 is 1.76 bits per heavy atom. The third-order valence-corrected chi connectivity index (χ3v) is 5.88. The molecular formula is C12H22F3N3O2S. The van der Waals surface area contributed by atoms with Crippen molar-refractivity contribution >= 4 is 10.2 Å². The Bertz CT molecular complexity index is 439. The Labute approximate surface area is 123 Å². The fraction of sp³-hybridized carbons (Fsp3) is 1.00. The summed E-state index contributed by atoms with van der Waals surface area (Å²) >= 11 is 0. The first-order valence-electron chi connectivity index (χ1n) is 7.26. The van der Waals surface area contributed by atoms with Crippen molar-refractivity contribution in [3.8, 4) is 0 Å². The molecule has 2 rings (SSSR count). The summed E-state index contributed by atoms with van der Waals surface area (Å²) in [6, 6.07) is -2.01. The largest absolute Gasteiger partial charge is 0.403 e. The van der Waals surface area contributed by atoms with Crippen LogP contribution in [0.5, 0.6) is 0 Å². The molecule has 2 aliphatic rings. The van der Waals surface area contributed by atoms with Gasteiger partial charge in [0, 0.05) is 25.7 Å². The highest BCUT2D eigenvalue weighted by molar-refractivity contribution is 7.87. The van der Waals surface area contributed by atoms with E-state index in [1.807, 2.05) is 0 Å². The highest BCUT2D eigenvalue weighted by Gasteiger charge is 2.42. The average Bonchev–Trinajstić information content (AvgIpc) is 2.38. The summed E-state index contributed by atoms with van der Waals surface area (Å²) in [5.41, 5.74) is 0. The molecule has 5 nitrogen and oxygen atoms in total. The molecule has 21 heavy (non-hydrogen) atoms. The molecule has 0 saturated carbocycles. The van der Waals surface area contributed by atoms with E-state index < -0.39 is 28.5 Å². The first kappa shape index (κ1) is 17.0. The van der Waals surface area contributed by atoms with E-state index in [0.29, 0.717) is 19.0 Å². The smallest absolute Gasteiger partial charge is 0.305 e. The molecule has 2 atom stereocenters. The number of hydrogen-bond acceptors (Lipinski definition) is 3. The standard InChI is InChI=1S/C12H22F3N3O2S/c1-9-4-6-18(7-5-9)21(19,20)17-10-2-3-11(16-8-10)12(13,14)15/h9-11,16-17H,2-8H2,1H3. The molecule has 0 spiro atoms. The van der Waals surface area contributed by atoms with Crippen LogP contribution in [0.3, 0.4) is 0 Å². The minimum atomic E-state index is -4.27. The quantitative estimate of drug-likeness (QED) is 0.819. The van der Waals surface area contributed by atoms with Crippen molar-refractivity contribution in [2.24, 2.45) is 5.92 Å². The van der Waals surface area contributed by atoms with Gasteiger partial charge in [0.1, 0.15) is 6.04 Å². The molecule has 124 valence electrons. The van der Waals surface area contributed by atoms with Gasteiger partial charge in [0.2, 0.25) is 0 Å². The number of alkyl halides is 3. The molecule has 0 aromatic carbocycles. The second kappa shape index (κ2) is 6.39. The molecule has 2 unspecified atom stereocenters. The molecule has 2 N–H and O–H groups in total. The van der Waals surface area contributed by atoms with Crippen molar-refractivity contribution in [1.82, 2.24) is 14.3 Å². The summed E-state index contributed by atoms with van der Waals surface area (Å²) in [5.74, 6) is 0.514. The number of hydrogen-bond donors (Lipinski definition) is 2. The fourth-order valence-corrected chi connectivity index (χ4v) is 4.21. The normalized spacial score (nSPS) is 30.5. The fourth-order valence-electron chi connectivity index (χ4n) is 2.75. The van der Waals surface area contributed by atoms with Crippen molar-refractivity contribution in [3.63, 3.8) is 0 Å². The predicted molar refractivity (Wildman–Crippen MR) is 72.9 cm³/mol. The van der Waals surface area contributed by atoms with Crippen molar-refractivity contribution < 1.29 is 21.6 Å². The Hall–Kier alpha value is -0.380. The molecule has 2 saturated heterocycles. The zero-order valence-corrected chi connectivity index (χ0v) is 12.8. The van der Waals surface area contributed by atoms with Crippen LogP contribution >= 0.6 is 0 Å². The van der Waals surface area contributed by atoms with Gasteiger partial charge in [-0.1, -0.05) is 6.92 Å². The van der Waals surface area contributed by atoms with Gasteiger partial charge >= 0.3 is 6.18 Å². The molecule has 0 aromatic rings. The Balaban J connectivity index is 1.85. The van der Waals surface area contributed by atoms with E-state index in [0.717, 1.165) is 12.8 Å². The Morgan fingerprint density at radius 3 is 2.24 bits per heavy atom. The highest BCUT2D eigenvalue weighted by Crippen LogP contribution is 2.26. The lowest BCUT2D eigenvalue weighted by atomic mass is 10.0. The van der Waals surface area contributed by atoms with Crippen LogP contribution in [0.2, 0.25) is 0 Å². The molecule has 2 aliphatic heterocycles. The highest BCUT2D eigenvalue weighted by atomic mass is 32.2. The van der Waals surface area contributed by atoms with E-state index >= 15 is 0 Å². The number of piperidine rings is 2. The van der Waals surface area contributed by atoms with E-state index in [4.69, 9.17) is 0 Å². The van der Waals surface area contributed by atoms with Gasteiger partial charge in [0.15, 0.2) is 0 Å². The molecular weight excluding hydrogens is 307 g/mol. The molecule has 0 bridgehead atoms. The molecule has 0 aliphatic carbocycles. The summed E-state index contributed by atoms with van der Waals surface area (Å²) in [5, 5.41) is 2.37. The molecule has 2 heterocycles. The molecule has 9 heteroatoms. The van der Waals surface area contributed by atoms with E-state index in [2.05, 4.69) is 17.0 Å². The average molecular weight is 329 g/mol. The lowest BCUT2D eigenvalue weighted by Gasteiger charge is -2.34. The van der Waals surface area contributed by atoms with Crippen molar-refractivity contribution in [2.45, 2.75) is 50.9 Å². The monoisotopic (exact) mass is 329 g/mol. The lowest BCUT2D eigenvalue weighted by molar-refractivity contribution is -0.160. The van der Waals surface area contributed by atoms with Crippen LogP contribution in [0.15, 0.2) is 0 Å². The number of nitrogens with one attached hydrogen (secondary N) is 2. The summed E-state index contributed by atoms with van der Waals surface area (Å²) in [6.45, 7) is 3.04. The minimum Gasteiger partial charge on any atom is -0.305 e. The van der Waals surface area contributed by atoms with Crippen LogP contribution < -0.4 is 10.0 Å². The van der Waals surface area contributed by atoms with Gasteiger partial charge in [-0.15, -0.1) is 0 Å². The lowest BCUT2D eigenvalue weighted by Crippen LogP contribution is -2.56. The third-order valence-electron chi connectivity index (χ3n) is 4.21. The van der Waals surface area contributed by atoms with E-state index in [-0.39, 0.29) is 19.4 Å². The Morgan fingerprint density at radius 1 is 1.14 bits per heavy atom. The van der Waals surface area contributed by atoms with Crippen LogP contribution in [0.25, 0.3) is 0 Å². The Kier molecular flexibility index (Phi) is 5.17.